The van der Waals surface area contributed by atoms with Crippen molar-refractivity contribution in [3.05, 3.63) is 12.4 Å². The predicted molar refractivity (Wildman–Crippen MR) is 54.1 cm³/mol. The molecule has 0 unspecified atom stereocenters. The fraction of sp³-hybridized carbons (Fsp3) is 0.375. The number of nitrogens with zero attached hydrogens (tertiary/aromatic N) is 1. The van der Waals surface area contributed by atoms with E-state index in [1.165, 1.54) is 12.4 Å². The summed E-state index contributed by atoms with van der Waals surface area (Å²) in [4.78, 5) is 21.2. The van der Waals surface area contributed by atoms with Gasteiger partial charge in [0.15, 0.2) is 0 Å². The quantitative estimate of drug-likeness (QED) is 0.496. The van der Waals surface area contributed by atoms with Crippen LogP contribution in [-0.2, 0) is 9.53 Å². The Bertz CT molecular complexity index is 338. The van der Waals surface area contributed by atoms with Crippen LogP contribution in [0.1, 0.15) is 0 Å². The molecular weight excluding hydrogens is 216 g/mol. The molecule has 16 heavy (non-hydrogen) atoms. The van der Waals surface area contributed by atoms with Crippen LogP contribution in [0.3, 0.4) is 0 Å². The molecule has 0 spiro atoms. The van der Waals surface area contributed by atoms with Crippen molar-refractivity contribution in [2.45, 2.75) is 0 Å². The van der Waals surface area contributed by atoms with E-state index in [0.717, 1.165) is 0 Å². The largest absolute Gasteiger partial charge is 0.480 e. The van der Waals surface area contributed by atoms with Gasteiger partial charge in [-0.25, -0.2) is 9.59 Å². The molecule has 0 atom stereocenters. The van der Waals surface area contributed by atoms with Gasteiger partial charge in [0.25, 0.3) is 0 Å². The van der Waals surface area contributed by atoms with Crippen molar-refractivity contribution >= 4 is 17.7 Å². The van der Waals surface area contributed by atoms with Gasteiger partial charge in [0.05, 0.1) is 18.5 Å². The number of carbonyl (C=O) groups excluding carboxylic acids is 1. The molecule has 4 N–H and O–H groups in total. The van der Waals surface area contributed by atoms with E-state index in [1.54, 1.807) is 0 Å². The highest BCUT2D eigenvalue weighted by molar-refractivity contribution is 5.88. The van der Waals surface area contributed by atoms with E-state index in [0.29, 0.717) is 5.69 Å². The van der Waals surface area contributed by atoms with Crippen molar-refractivity contribution in [3.8, 4) is 0 Å². The summed E-state index contributed by atoms with van der Waals surface area (Å²) in [6.45, 7) is 0.00704. The highest BCUT2D eigenvalue weighted by Crippen LogP contribution is 1.99. The van der Waals surface area contributed by atoms with Gasteiger partial charge in [-0.05, 0) is 0 Å². The molecule has 1 aromatic heterocycles. The topological polar surface area (TPSA) is 116 Å². The average Bonchev–Trinajstić information content (AvgIpc) is 2.69. The van der Waals surface area contributed by atoms with Gasteiger partial charge >= 0.3 is 12.0 Å². The van der Waals surface area contributed by atoms with Crippen LogP contribution in [0.2, 0.25) is 0 Å². The highest BCUT2D eigenvalue weighted by atomic mass is 16.5. The molecule has 8 nitrogen and oxygen atoms in total. The zero-order chi connectivity index (χ0) is 11.8. The number of aromatic nitrogens is 2. The number of carboxylic acids is 1. The fourth-order valence-corrected chi connectivity index (χ4v) is 0.891. The first-order valence-electron chi connectivity index (χ1n) is 4.51. The summed E-state index contributed by atoms with van der Waals surface area (Å²) in [7, 11) is 0. The molecule has 1 heterocycles. The number of rotatable bonds is 6. The first-order chi connectivity index (χ1) is 7.68. The molecule has 88 valence electrons. The second-order valence-corrected chi connectivity index (χ2v) is 2.81. The zero-order valence-corrected chi connectivity index (χ0v) is 8.40. The summed E-state index contributed by atoms with van der Waals surface area (Å²) in [6, 6.07) is -0.402. The first-order valence-corrected chi connectivity index (χ1v) is 4.51. The lowest BCUT2D eigenvalue weighted by Crippen LogP contribution is -2.31. The molecule has 0 aliphatic carbocycles. The van der Waals surface area contributed by atoms with E-state index in [2.05, 4.69) is 20.8 Å². The van der Waals surface area contributed by atoms with E-state index in [1.807, 2.05) is 0 Å². The molecule has 0 aromatic carbocycles. The molecule has 2 amide bonds. The predicted octanol–water partition coefficient (Wildman–Crippen LogP) is -0.368. The van der Waals surface area contributed by atoms with Gasteiger partial charge in [-0.2, -0.15) is 5.10 Å². The Morgan fingerprint density at radius 1 is 1.56 bits per heavy atom. The minimum absolute atomic E-state index is 0.144. The lowest BCUT2D eigenvalue weighted by atomic mass is 10.5. The van der Waals surface area contributed by atoms with Gasteiger partial charge in [0.1, 0.15) is 6.61 Å². The molecule has 0 saturated carbocycles. The minimum Gasteiger partial charge on any atom is -0.480 e. The molecule has 0 radical (unpaired) electrons. The van der Waals surface area contributed by atoms with E-state index in [4.69, 9.17) is 9.84 Å². The third-order valence-corrected chi connectivity index (χ3v) is 1.51. The Labute approximate surface area is 91.0 Å². The first kappa shape index (κ1) is 12.0. The third kappa shape index (κ3) is 4.96. The average molecular weight is 228 g/mol. The fourth-order valence-electron chi connectivity index (χ4n) is 0.891. The van der Waals surface area contributed by atoms with Crippen LogP contribution in [0.15, 0.2) is 12.4 Å². The van der Waals surface area contributed by atoms with Gasteiger partial charge < -0.3 is 20.5 Å². The maximum atomic E-state index is 11.2. The number of hydrogen-bond donors (Lipinski definition) is 4. The maximum absolute atomic E-state index is 11.2. The zero-order valence-electron chi connectivity index (χ0n) is 8.40. The molecule has 0 aliphatic rings. The molecule has 0 bridgehead atoms. The molecule has 8 heteroatoms. The second-order valence-electron chi connectivity index (χ2n) is 2.81. The van der Waals surface area contributed by atoms with Crippen LogP contribution in [0.5, 0.6) is 0 Å². The summed E-state index contributed by atoms with van der Waals surface area (Å²) >= 11 is 0. The van der Waals surface area contributed by atoms with Crippen molar-refractivity contribution < 1.29 is 19.4 Å². The summed E-state index contributed by atoms with van der Waals surface area (Å²) in [5.41, 5.74) is 0.545. The molecule has 0 saturated heterocycles. The third-order valence-electron chi connectivity index (χ3n) is 1.51. The molecule has 0 aliphatic heterocycles. The Balaban J connectivity index is 2.05. The number of aliphatic carboxylic acids is 1. The van der Waals surface area contributed by atoms with Crippen molar-refractivity contribution in [3.63, 3.8) is 0 Å². The van der Waals surface area contributed by atoms with E-state index in [-0.39, 0.29) is 19.8 Å². The van der Waals surface area contributed by atoms with Gasteiger partial charge in [-0.3, -0.25) is 5.10 Å². The van der Waals surface area contributed by atoms with Gasteiger partial charge in [0.2, 0.25) is 0 Å². The number of urea groups is 1. The van der Waals surface area contributed by atoms with Crippen LogP contribution in [0, 0.1) is 0 Å². The van der Waals surface area contributed by atoms with Crippen LogP contribution in [-0.4, -0.2) is 47.1 Å². The number of ether oxygens (including phenoxy) is 1. The Morgan fingerprint density at radius 3 is 3.00 bits per heavy atom. The Hall–Kier alpha value is -2.09. The summed E-state index contributed by atoms with van der Waals surface area (Å²) in [5.74, 6) is -1.04. The normalized spacial score (nSPS) is 9.75. The number of hydrogen-bond acceptors (Lipinski definition) is 4. The summed E-state index contributed by atoms with van der Waals surface area (Å²) < 4.78 is 4.72. The second kappa shape index (κ2) is 6.40. The molecule has 1 aromatic rings. The SMILES string of the molecule is O=C(O)COCCNC(=O)Nc1cn[nH]c1. The van der Waals surface area contributed by atoms with Crippen molar-refractivity contribution in [1.29, 1.82) is 0 Å². The molecule has 1 rings (SSSR count). The van der Waals surface area contributed by atoms with Crippen molar-refractivity contribution in [2.75, 3.05) is 25.1 Å². The lowest BCUT2D eigenvalue weighted by molar-refractivity contribution is -0.142. The van der Waals surface area contributed by atoms with Crippen LogP contribution < -0.4 is 10.6 Å². The van der Waals surface area contributed by atoms with E-state index >= 15 is 0 Å². The maximum Gasteiger partial charge on any atom is 0.329 e. The van der Waals surface area contributed by atoms with Gasteiger partial charge in [0, 0.05) is 12.7 Å². The lowest BCUT2D eigenvalue weighted by Gasteiger charge is -2.05. The van der Waals surface area contributed by atoms with Crippen LogP contribution in [0.4, 0.5) is 10.5 Å². The number of carboxylic acid groups (broad SMARTS) is 1. The number of carbonyl (C=O) groups is 2. The van der Waals surface area contributed by atoms with E-state index < -0.39 is 12.0 Å². The standard InChI is InChI=1S/C8H12N4O4/c13-7(14)5-16-2-1-9-8(15)12-6-3-10-11-4-6/h3-4H,1-2,5H2,(H,10,11)(H,13,14)(H2,9,12,15). The van der Waals surface area contributed by atoms with Crippen LogP contribution >= 0.6 is 0 Å². The minimum atomic E-state index is -1.04. The van der Waals surface area contributed by atoms with Crippen molar-refractivity contribution in [1.82, 2.24) is 15.5 Å². The molecule has 0 fully saturated rings. The van der Waals surface area contributed by atoms with Gasteiger partial charge in [-0.15, -0.1) is 0 Å². The number of aromatic amines is 1. The number of H-pyrrole nitrogens is 1. The monoisotopic (exact) mass is 228 g/mol. The smallest absolute Gasteiger partial charge is 0.329 e. The Morgan fingerprint density at radius 2 is 2.38 bits per heavy atom. The molecular formula is C8H12N4O4. The number of anilines is 1. The highest BCUT2D eigenvalue weighted by Gasteiger charge is 2.01. The number of amides is 2. The number of nitrogens with one attached hydrogen (secondary N) is 3. The van der Waals surface area contributed by atoms with E-state index in [9.17, 15) is 9.59 Å². The summed E-state index contributed by atoms with van der Waals surface area (Å²) in [6.07, 6.45) is 2.99. The van der Waals surface area contributed by atoms with Crippen molar-refractivity contribution in [2.24, 2.45) is 0 Å². The van der Waals surface area contributed by atoms with Crippen LogP contribution in [0.25, 0.3) is 0 Å². The summed E-state index contributed by atoms with van der Waals surface area (Å²) in [5, 5.41) is 19.4. The van der Waals surface area contributed by atoms with Gasteiger partial charge in [-0.1, -0.05) is 0 Å². The Kier molecular flexibility index (Phi) is 4.80.